The van der Waals surface area contributed by atoms with Gasteiger partial charge < -0.3 is 53.8 Å². The molecule has 4 aliphatic rings. The van der Waals surface area contributed by atoms with E-state index in [1.165, 1.54) is 60.3 Å². The molecular weight excluding hydrogens is 2190 g/mol. The molecule has 0 spiro atoms. The van der Waals surface area contributed by atoms with E-state index in [-0.39, 0.29) is 88.5 Å². The maximum atomic E-state index is 12.5. The number of nitrogens with zero attached hydrogens (tertiary/aromatic N) is 4. The molecule has 37 heteroatoms. The van der Waals surface area contributed by atoms with Gasteiger partial charge in [0, 0.05) is 20.1 Å². The molecule has 0 radical (unpaired) electrons. The zero-order valence-corrected chi connectivity index (χ0v) is 89.0. The summed E-state index contributed by atoms with van der Waals surface area (Å²) < 4.78 is 56.6. The zero-order chi connectivity index (χ0) is 99.7. The van der Waals surface area contributed by atoms with Gasteiger partial charge in [0.2, 0.25) is 0 Å². The van der Waals surface area contributed by atoms with Crippen LogP contribution in [0, 0.1) is 33.5 Å². The minimum atomic E-state index is -0.893. The third-order valence-electron chi connectivity index (χ3n) is 24.0. The fourth-order valence-electron chi connectivity index (χ4n) is 14.9. The number of halogens is 6. The third kappa shape index (κ3) is 28.8. The van der Waals surface area contributed by atoms with E-state index in [1.807, 2.05) is 201 Å². The average molecular weight is 2290 g/mol. The fourth-order valence-corrected chi connectivity index (χ4v) is 20.4. The Morgan fingerprint density at radius 3 is 0.958 bits per heavy atom. The van der Waals surface area contributed by atoms with Crippen LogP contribution in [0.5, 0.6) is 0 Å². The number of hydrogen-bond donors (Lipinski definition) is 6. The number of methoxy groups -OCH3 is 2. The number of ether oxygens (including phenoxy) is 5. The Bertz CT molecular complexity index is 6700. The number of aromatic nitrogens is 4. The van der Waals surface area contributed by atoms with Crippen molar-refractivity contribution in [1.29, 1.82) is 0 Å². The number of aliphatic carboxylic acids is 1. The van der Waals surface area contributed by atoms with Crippen molar-refractivity contribution in [1.82, 2.24) is 17.5 Å². The summed E-state index contributed by atoms with van der Waals surface area (Å²) in [6.07, 6.45) is 3.14. The molecule has 142 heavy (non-hydrogen) atoms. The first kappa shape index (κ1) is 113. The maximum absolute atomic E-state index is 12.5. The molecule has 1 aliphatic heterocycles. The van der Waals surface area contributed by atoms with E-state index in [9.17, 15) is 38.7 Å². The molecule has 0 bridgehead atoms. The average Bonchev–Trinajstić information content (AvgIpc) is 1.60. The number of benzene rings is 10. The van der Waals surface area contributed by atoms with Gasteiger partial charge in [0.15, 0.2) is 0 Å². The van der Waals surface area contributed by atoms with Gasteiger partial charge in [0.05, 0.1) is 97.9 Å². The zero-order valence-electron chi connectivity index (χ0n) is 78.4. The van der Waals surface area contributed by atoms with E-state index in [0.29, 0.717) is 66.9 Å². The number of carboxylic acids is 2. The molecule has 4 aromatic heterocycles. The smallest absolute Gasteiger partial charge is 0.870 e. The first-order chi connectivity index (χ1) is 66.4. The van der Waals surface area contributed by atoms with E-state index in [1.54, 1.807) is 55.5 Å². The van der Waals surface area contributed by atoms with Crippen LogP contribution in [-0.4, -0.2) is 113 Å². The number of amides is 3. The molecule has 14 aromatic rings. The summed E-state index contributed by atoms with van der Waals surface area (Å²) in [6.45, 7) is 15.9. The molecule has 3 saturated carbocycles. The number of hydrogen-bond acceptors (Lipinski definition) is 24. The van der Waals surface area contributed by atoms with Gasteiger partial charge in [0.25, 0.3) is 0 Å². The maximum Gasteiger partial charge on any atom is 1.00 e. The second kappa shape index (κ2) is 50.9. The minimum absolute atomic E-state index is 0. The number of esters is 2. The summed E-state index contributed by atoms with van der Waals surface area (Å²) >= 11 is 32.7. The normalized spacial score (nSPS) is 13.9. The number of aliphatic hydroxyl groups is 1. The van der Waals surface area contributed by atoms with E-state index in [4.69, 9.17) is 89.6 Å². The van der Waals surface area contributed by atoms with Gasteiger partial charge in [-0.15, -0.1) is 0 Å². The van der Waals surface area contributed by atoms with Crippen molar-refractivity contribution >= 4 is 210 Å². The molecular formula is C105H101BCl4I2LiN7O18S4. The van der Waals surface area contributed by atoms with Crippen molar-refractivity contribution in [2.24, 2.45) is 0 Å². The number of rotatable bonds is 23. The van der Waals surface area contributed by atoms with E-state index in [2.05, 4.69) is 120 Å². The molecule has 0 unspecified atom stereocenters. The Hall–Kier alpha value is -10.5. The minimum Gasteiger partial charge on any atom is -0.870 e. The second-order valence-corrected chi connectivity index (χ2v) is 42.5. The topological polar surface area (TPSA) is 362 Å². The van der Waals surface area contributed by atoms with Crippen molar-refractivity contribution < 1.29 is 106 Å². The number of carboxylic acid groups (broad SMARTS) is 2. The largest absolute Gasteiger partial charge is 1.00 e. The van der Waals surface area contributed by atoms with Crippen molar-refractivity contribution in [2.45, 2.75) is 155 Å². The molecule has 7 N–H and O–H groups in total. The van der Waals surface area contributed by atoms with Crippen LogP contribution in [0.3, 0.4) is 0 Å². The number of nitrogens with one attached hydrogen (secondary N) is 3. The predicted octanol–water partition coefficient (Wildman–Crippen LogP) is 24.1. The van der Waals surface area contributed by atoms with E-state index in [0.717, 1.165) is 142 Å². The van der Waals surface area contributed by atoms with E-state index < -0.39 is 46.5 Å². The Balaban J connectivity index is 0.000000185. The number of carbonyl (C=O) groups excluding carboxylic acids is 5. The molecule has 734 valence electrons. The molecule has 25 nitrogen and oxygen atoms in total. The molecule has 18 rings (SSSR count). The van der Waals surface area contributed by atoms with Crippen molar-refractivity contribution in [3.8, 4) is 54.3 Å². The molecule has 4 fully saturated rings. The Labute approximate surface area is 900 Å². The summed E-state index contributed by atoms with van der Waals surface area (Å²) in [4.78, 5) is 84.6. The summed E-state index contributed by atoms with van der Waals surface area (Å²) in [5.41, 5.74) is 18.3. The summed E-state index contributed by atoms with van der Waals surface area (Å²) in [5, 5.41) is 37.5. The third-order valence-corrected chi connectivity index (χ3v) is 30.6. The number of aliphatic hydroxyl groups excluding tert-OH is 1. The molecule has 0 atom stereocenters. The van der Waals surface area contributed by atoms with Crippen LogP contribution >= 0.6 is 138 Å². The van der Waals surface area contributed by atoms with Crippen molar-refractivity contribution in [3.63, 3.8) is 0 Å². The van der Waals surface area contributed by atoms with Gasteiger partial charge in [-0.2, -0.15) is 17.5 Å². The first-order valence-corrected chi connectivity index (χ1v) is 50.4. The van der Waals surface area contributed by atoms with Gasteiger partial charge in [0.1, 0.15) is 31.2 Å². The molecule has 3 amide bonds. The molecule has 5 heterocycles. The number of anilines is 3. The molecule has 1 saturated heterocycles. The number of carbonyl (C=O) groups is 7. The number of aromatic carboxylic acids is 1. The van der Waals surface area contributed by atoms with Crippen molar-refractivity contribution in [3.05, 3.63) is 336 Å². The summed E-state index contributed by atoms with van der Waals surface area (Å²) in [5.74, 6) is -1.94. The van der Waals surface area contributed by atoms with Crippen LogP contribution in [-0.2, 0) is 90.0 Å². The number of aryl methyl sites for hydroxylation is 4. The van der Waals surface area contributed by atoms with Crippen LogP contribution < -0.4 is 40.3 Å². The SMILES string of the molecule is C.COC(=O)C1(c2ccc(-c3ccc(-c4snc(C)c4NC(=O)OCc4cccc(Cl)c4)cc3)cc2)CC1.COC(=O)C1(c2ccc(-c3ccc(B4OC(C)(C)C(C)(C)O4)cc3)cc2)CC1.Cc1nsc(-c2ccc(-c3ccc(C4(C(=O)O)CC4)cc3)cc2)c1NC(=O)OCc1cccc(Cl)c1.Cc1nsc(I)c1C(=O)O.Cc1nsc(I)c1NC(=O)OCc1cccc(Cl)c1.OCc1cccc(Cl)c1.[Li+].[OH-]. The summed E-state index contributed by atoms with van der Waals surface area (Å²) in [7, 11) is 2.54. The first-order valence-electron chi connectivity index (χ1n) is 43.6. The van der Waals surface area contributed by atoms with Crippen LogP contribution in [0.1, 0.15) is 146 Å². The van der Waals surface area contributed by atoms with E-state index >= 15 is 0 Å². The monoisotopic (exact) mass is 2290 g/mol. The Kier molecular flexibility index (Phi) is 40.6. The second-order valence-electron chi connectivity index (χ2n) is 34.0. The van der Waals surface area contributed by atoms with Crippen LogP contribution in [0.15, 0.2) is 243 Å². The fraction of sp³-hybridized carbons (Fsp3) is 0.248. The van der Waals surface area contributed by atoms with Gasteiger partial charge in [-0.1, -0.05) is 248 Å². The van der Waals surface area contributed by atoms with Gasteiger partial charge in [-0.05, 0) is 323 Å². The quantitative estimate of drug-likeness (QED) is 0.0150. The van der Waals surface area contributed by atoms with Crippen LogP contribution in [0.25, 0.3) is 54.3 Å². The molecule has 10 aromatic carbocycles. The Morgan fingerprint density at radius 2 is 0.683 bits per heavy atom. The van der Waals surface area contributed by atoms with Gasteiger partial charge in [-0.3, -0.25) is 30.3 Å². The van der Waals surface area contributed by atoms with Crippen molar-refractivity contribution in [2.75, 3.05) is 30.2 Å². The van der Waals surface area contributed by atoms with Gasteiger partial charge >= 0.3 is 68.1 Å². The van der Waals surface area contributed by atoms with Gasteiger partial charge in [-0.25, -0.2) is 19.2 Å². The Morgan fingerprint density at radius 1 is 0.401 bits per heavy atom. The van der Waals surface area contributed by atoms with Crippen LogP contribution in [0.2, 0.25) is 20.1 Å². The van der Waals surface area contributed by atoms with Crippen LogP contribution in [0.4, 0.5) is 31.4 Å². The summed E-state index contributed by atoms with van der Waals surface area (Å²) in [6, 6.07) is 77.1. The predicted molar refractivity (Wildman–Crippen MR) is 575 cm³/mol. The standard InChI is InChI=1S/C29H25ClN2O4S.C28H23ClN2O4S.C23H27BO4.C12H10ClIN2O2S.C7H7ClO.C5H4INO2S.CH4.Li.H2O/c1-18-25(31-28(34)36-17-19-4-3-5-24(30)16-19)26(37-32-18)22-8-6-20(7-9-22)21-10-12-23(13-11-21)29(14-15-29)27(33)35-2;1-17-24(30-27(34)35-16-18-3-2-4-23(29)15-18)25(36-31-17)21-7-5-19(6-8-21)20-9-11-22(12-10-20)28(13-14-28)26(32)33;1-21(2)22(3,4)28-24(27-21)19-12-8-17(9-13-19)16-6-10-18(11-7-16)23(14-15-23)20(25)26-5;1-7-10(11(14)19-16-7)15-12(17)18-6-8-3-2-4-9(13)5-8;8-7-3-1-2-6(4-7)5-9;1-2-3(5(8)9)4(6)10-7-2;;;/h3-13,16H,14-15,17H2,1-2H3,(H,31,34);2-12,15H,13-14,16H2,1H3,(H,30,34)(H,32,33);6-13H,14-15H2,1-5H3;2-5H,6H2,1H3,(H,15,17);1-4,9H,5H2;1H3,(H,8,9);1H4;;1H2/q;;;;;;;+1;/p-1. The molecule has 3 aliphatic carbocycles.